The summed E-state index contributed by atoms with van der Waals surface area (Å²) in [4.78, 5) is 7.66. The summed E-state index contributed by atoms with van der Waals surface area (Å²) in [6.45, 7) is 1.64. The van der Waals surface area contributed by atoms with Crippen molar-refractivity contribution in [2.75, 3.05) is 29.5 Å². The maximum absolute atomic E-state index is 13.3. The minimum absolute atomic E-state index is 0.286. The molecular weight excluding hydrogens is 381 g/mol. The monoisotopic (exact) mass is 397 g/mol. The molecule has 27 heavy (non-hydrogen) atoms. The fourth-order valence-corrected chi connectivity index (χ4v) is 5.07. The highest BCUT2D eigenvalue weighted by Crippen LogP contribution is 2.34. The van der Waals surface area contributed by atoms with Gasteiger partial charge in [0.1, 0.15) is 10.8 Å². The Hall–Kier alpha value is -2.56. The maximum atomic E-state index is 13.3. The average molecular weight is 398 g/mol. The molecule has 1 aromatic heterocycles. The second kappa shape index (κ2) is 7.59. The van der Waals surface area contributed by atoms with Crippen LogP contribution in [0.4, 0.5) is 10.1 Å². The lowest BCUT2D eigenvalue weighted by atomic mass is 10.1. The second-order valence-electron chi connectivity index (χ2n) is 6.21. The highest BCUT2D eigenvalue weighted by Gasteiger charge is 2.16. The zero-order valence-electron chi connectivity index (χ0n) is 14.4. The van der Waals surface area contributed by atoms with Crippen molar-refractivity contribution in [3.63, 3.8) is 0 Å². The fraction of sp³-hybridized carbons (Fsp3) is 0.200. The summed E-state index contributed by atoms with van der Waals surface area (Å²) in [5.74, 6) is 1.02. The molecule has 0 saturated carbocycles. The van der Waals surface area contributed by atoms with Gasteiger partial charge in [-0.2, -0.15) is 5.26 Å². The predicted molar refractivity (Wildman–Crippen MR) is 108 cm³/mol. The van der Waals surface area contributed by atoms with Crippen LogP contribution in [0, 0.1) is 17.1 Å². The van der Waals surface area contributed by atoms with Crippen molar-refractivity contribution in [1.29, 1.82) is 5.26 Å². The van der Waals surface area contributed by atoms with Gasteiger partial charge in [-0.05, 0) is 35.9 Å². The quantitative estimate of drug-likeness (QED) is 0.669. The molecule has 0 aliphatic carbocycles. The molecule has 1 aliphatic rings. The van der Waals surface area contributed by atoms with Crippen LogP contribution in [-0.4, -0.2) is 33.8 Å². The van der Waals surface area contributed by atoms with Crippen LogP contribution in [0.2, 0.25) is 0 Å². The first-order chi connectivity index (χ1) is 13.1. The molecule has 1 fully saturated rings. The van der Waals surface area contributed by atoms with Crippen LogP contribution in [0.25, 0.3) is 21.0 Å². The van der Waals surface area contributed by atoms with Gasteiger partial charge in [0.25, 0.3) is 0 Å². The molecule has 0 radical (unpaired) electrons. The molecule has 0 spiro atoms. The van der Waals surface area contributed by atoms with Crippen LogP contribution in [0.15, 0.2) is 48.7 Å². The van der Waals surface area contributed by atoms with Crippen LogP contribution < -0.4 is 4.90 Å². The van der Waals surface area contributed by atoms with Gasteiger partial charge < -0.3 is 4.90 Å². The summed E-state index contributed by atoms with van der Waals surface area (Å²) >= 11 is 1.48. The van der Waals surface area contributed by atoms with Crippen LogP contribution in [0.5, 0.6) is 0 Å². The number of aromatic nitrogens is 1. The van der Waals surface area contributed by atoms with E-state index in [4.69, 9.17) is 0 Å². The molecule has 0 unspecified atom stereocenters. The van der Waals surface area contributed by atoms with Gasteiger partial charge >= 0.3 is 0 Å². The third-order valence-electron chi connectivity index (χ3n) is 4.53. The Kier molecular flexibility index (Phi) is 5.01. The van der Waals surface area contributed by atoms with Crippen molar-refractivity contribution >= 4 is 27.8 Å². The highest BCUT2D eigenvalue weighted by molar-refractivity contribution is 7.85. The standard InChI is InChI=1S/C20H16FN3OS2/c21-16-3-6-18(15(11-16)12-22)20-23-13-19(26-20)14-1-4-17(5-2-14)24-7-9-27(25)10-8-24/h1-6,11,13H,7-10H2. The van der Waals surface area contributed by atoms with Crippen LogP contribution >= 0.6 is 11.3 Å². The smallest absolute Gasteiger partial charge is 0.125 e. The SMILES string of the molecule is N#Cc1cc(F)ccc1-c1ncc(-c2ccc(N3CCS(=O)CC3)cc2)s1. The lowest BCUT2D eigenvalue weighted by Crippen LogP contribution is -2.37. The summed E-state index contributed by atoms with van der Waals surface area (Å²) in [6, 6.07) is 14.4. The Bertz CT molecular complexity index is 1030. The number of benzene rings is 2. The van der Waals surface area contributed by atoms with Crippen LogP contribution in [0.1, 0.15) is 5.56 Å². The molecule has 0 N–H and O–H groups in total. The lowest BCUT2D eigenvalue weighted by molar-refractivity contribution is 0.627. The molecule has 2 aromatic carbocycles. The van der Waals surface area contributed by atoms with Crippen molar-refractivity contribution in [2.24, 2.45) is 0 Å². The topological polar surface area (TPSA) is 57.0 Å². The van der Waals surface area contributed by atoms with E-state index in [9.17, 15) is 13.9 Å². The number of nitriles is 1. The third-order valence-corrected chi connectivity index (χ3v) is 6.89. The van der Waals surface area contributed by atoms with Crippen molar-refractivity contribution in [2.45, 2.75) is 0 Å². The number of hydrogen-bond donors (Lipinski definition) is 0. The molecule has 0 bridgehead atoms. The number of thiazole rings is 1. The number of halogens is 1. The molecule has 1 aliphatic heterocycles. The number of hydrogen-bond acceptors (Lipinski definition) is 5. The third kappa shape index (κ3) is 3.77. The lowest BCUT2D eigenvalue weighted by Gasteiger charge is -2.28. The Labute approximate surface area is 163 Å². The summed E-state index contributed by atoms with van der Waals surface area (Å²) in [5, 5.41) is 9.93. The Morgan fingerprint density at radius 1 is 1.15 bits per heavy atom. The van der Waals surface area contributed by atoms with Gasteiger partial charge in [0.05, 0.1) is 16.5 Å². The Balaban J connectivity index is 1.57. The number of anilines is 1. The molecule has 7 heteroatoms. The Morgan fingerprint density at radius 3 is 2.59 bits per heavy atom. The van der Waals surface area contributed by atoms with Gasteiger partial charge in [-0.25, -0.2) is 9.37 Å². The first kappa shape index (κ1) is 17.8. The van der Waals surface area contributed by atoms with Gasteiger partial charge in [-0.1, -0.05) is 12.1 Å². The Morgan fingerprint density at radius 2 is 1.89 bits per heavy atom. The van der Waals surface area contributed by atoms with Gasteiger partial charge in [0, 0.05) is 52.8 Å². The van der Waals surface area contributed by atoms with E-state index >= 15 is 0 Å². The first-order valence-electron chi connectivity index (χ1n) is 8.50. The normalized spacial score (nSPS) is 14.9. The molecule has 4 nitrogen and oxygen atoms in total. The minimum atomic E-state index is -0.683. The molecule has 4 rings (SSSR count). The summed E-state index contributed by atoms with van der Waals surface area (Å²) < 4.78 is 24.8. The van der Waals surface area contributed by atoms with E-state index in [-0.39, 0.29) is 5.56 Å². The minimum Gasteiger partial charge on any atom is -0.370 e. The van der Waals surface area contributed by atoms with Gasteiger partial charge in [0.2, 0.25) is 0 Å². The van der Waals surface area contributed by atoms with Gasteiger partial charge in [-0.15, -0.1) is 11.3 Å². The van der Waals surface area contributed by atoms with E-state index in [0.29, 0.717) is 10.6 Å². The highest BCUT2D eigenvalue weighted by atomic mass is 32.2. The van der Waals surface area contributed by atoms with Crippen molar-refractivity contribution in [1.82, 2.24) is 4.98 Å². The molecule has 3 aromatic rings. The predicted octanol–water partition coefficient (Wildman–Crippen LogP) is 4.06. The number of rotatable bonds is 3. The summed E-state index contributed by atoms with van der Waals surface area (Å²) in [6.07, 6.45) is 1.78. The van der Waals surface area contributed by atoms with E-state index in [1.807, 2.05) is 18.2 Å². The molecule has 0 amide bonds. The molecular formula is C20H16FN3OS2. The summed E-state index contributed by atoms with van der Waals surface area (Å²) in [7, 11) is -0.683. The van der Waals surface area contributed by atoms with Gasteiger partial charge in [-0.3, -0.25) is 4.21 Å². The maximum Gasteiger partial charge on any atom is 0.125 e. The first-order valence-corrected chi connectivity index (χ1v) is 10.8. The molecule has 1 saturated heterocycles. The van der Waals surface area contributed by atoms with Crippen molar-refractivity contribution < 1.29 is 8.60 Å². The van der Waals surface area contributed by atoms with Crippen molar-refractivity contribution in [3.05, 3.63) is 60.0 Å². The zero-order chi connectivity index (χ0) is 18.8. The van der Waals surface area contributed by atoms with Crippen molar-refractivity contribution in [3.8, 4) is 27.1 Å². The molecule has 2 heterocycles. The largest absolute Gasteiger partial charge is 0.370 e. The van der Waals surface area contributed by atoms with Crippen LogP contribution in [-0.2, 0) is 10.8 Å². The zero-order valence-corrected chi connectivity index (χ0v) is 16.0. The van der Waals surface area contributed by atoms with E-state index in [1.54, 1.807) is 12.3 Å². The second-order valence-corrected chi connectivity index (χ2v) is 8.94. The molecule has 136 valence electrons. The van der Waals surface area contributed by atoms with Gasteiger partial charge in [0.15, 0.2) is 0 Å². The van der Waals surface area contributed by atoms with Crippen LogP contribution in [0.3, 0.4) is 0 Å². The molecule has 0 atom stereocenters. The van der Waals surface area contributed by atoms with E-state index in [0.717, 1.165) is 40.7 Å². The van der Waals surface area contributed by atoms with E-state index in [1.165, 1.54) is 23.5 Å². The fourth-order valence-electron chi connectivity index (χ4n) is 3.06. The summed E-state index contributed by atoms with van der Waals surface area (Å²) in [5.41, 5.74) is 3.11. The number of nitrogens with zero attached hydrogens (tertiary/aromatic N) is 3. The average Bonchev–Trinajstić information content (AvgIpc) is 3.18. The van der Waals surface area contributed by atoms with E-state index in [2.05, 4.69) is 22.0 Å². The van der Waals surface area contributed by atoms with E-state index < -0.39 is 16.6 Å².